The van der Waals surface area contributed by atoms with E-state index in [9.17, 15) is 9.59 Å². The number of rotatable bonds is 10. The Kier molecular flexibility index (Phi) is 20.3. The Morgan fingerprint density at radius 2 is 1.08 bits per heavy atom. The third-order valence-electron chi connectivity index (χ3n) is 5.84. The van der Waals surface area contributed by atoms with Crippen LogP contribution in [-0.2, 0) is 26.7 Å². The molecule has 2 atom stereocenters. The van der Waals surface area contributed by atoms with E-state index in [2.05, 4.69) is 48.1 Å². The first-order valence-electron chi connectivity index (χ1n) is 12.4. The zero-order valence-electron chi connectivity index (χ0n) is 22.4. The van der Waals surface area contributed by atoms with E-state index in [1.807, 2.05) is 26.0 Å². The Morgan fingerprint density at radius 1 is 0.722 bits per heavy atom. The first kappa shape index (κ1) is 35.5. The van der Waals surface area contributed by atoms with Crippen LogP contribution in [0.25, 0.3) is 21.8 Å². The van der Waals surface area contributed by atoms with Gasteiger partial charge in [0, 0.05) is 47.7 Å². The second-order valence-corrected chi connectivity index (χ2v) is 8.39. The summed E-state index contributed by atoms with van der Waals surface area (Å²) >= 11 is 0. The molecule has 2 heterocycles. The molecular formula is C29H43MnN2O4+. The summed E-state index contributed by atoms with van der Waals surface area (Å²) < 4.78 is 0. The van der Waals surface area contributed by atoms with Gasteiger partial charge in [0.15, 0.2) is 0 Å². The van der Waals surface area contributed by atoms with Gasteiger partial charge in [-0.15, -0.1) is 0 Å². The minimum absolute atomic E-state index is 0. The molecule has 0 amide bonds. The largest absolute Gasteiger partial charge is 0.481 e. The van der Waals surface area contributed by atoms with Crippen LogP contribution in [0.1, 0.15) is 79.1 Å². The van der Waals surface area contributed by atoms with Crippen molar-refractivity contribution in [3.63, 3.8) is 0 Å². The summed E-state index contributed by atoms with van der Waals surface area (Å²) in [7, 11) is 0. The molecule has 0 aliphatic heterocycles. The minimum atomic E-state index is -0.643. The molecule has 0 aliphatic rings. The van der Waals surface area contributed by atoms with Crippen molar-refractivity contribution in [2.75, 3.05) is 0 Å². The van der Waals surface area contributed by atoms with Crippen LogP contribution in [0.2, 0.25) is 0 Å². The van der Waals surface area contributed by atoms with Gasteiger partial charge in [0.2, 0.25) is 0 Å². The van der Waals surface area contributed by atoms with E-state index in [1.165, 1.54) is 0 Å². The number of hydrogen-bond donors (Lipinski definition) is 2. The molecule has 2 unspecified atom stereocenters. The molecule has 1 aromatic carbocycles. The summed E-state index contributed by atoms with van der Waals surface area (Å²) in [5.41, 5.74) is 1.95. The monoisotopic (exact) mass is 538 g/mol. The van der Waals surface area contributed by atoms with Crippen LogP contribution >= 0.6 is 0 Å². The molecule has 2 aromatic heterocycles. The van der Waals surface area contributed by atoms with Crippen LogP contribution < -0.4 is 0 Å². The minimum Gasteiger partial charge on any atom is -0.481 e. The van der Waals surface area contributed by atoms with Crippen LogP contribution in [0.3, 0.4) is 0 Å². The summed E-state index contributed by atoms with van der Waals surface area (Å²) in [4.78, 5) is 29.6. The second kappa shape index (κ2) is 20.6. The molecule has 0 saturated carbocycles. The van der Waals surface area contributed by atoms with Crippen molar-refractivity contribution in [1.82, 2.24) is 9.97 Å². The number of hydrogen-bond acceptors (Lipinski definition) is 4. The topological polar surface area (TPSA) is 100 Å². The van der Waals surface area contributed by atoms with Crippen molar-refractivity contribution in [2.45, 2.75) is 79.1 Å². The maximum atomic E-state index is 10.4. The van der Waals surface area contributed by atoms with Crippen LogP contribution in [-0.4, -0.2) is 32.1 Å². The molecule has 0 bridgehead atoms. The number of carbonyl (C=O) groups is 2. The number of carboxylic acids is 2. The number of fused-ring (bicyclic) bond motifs is 3. The molecule has 36 heavy (non-hydrogen) atoms. The van der Waals surface area contributed by atoms with Crippen molar-refractivity contribution in [3.05, 3.63) is 56.2 Å². The molecule has 6 nitrogen and oxygen atoms in total. The Bertz CT molecular complexity index is 932. The van der Waals surface area contributed by atoms with Gasteiger partial charge in [0.1, 0.15) is 0 Å². The molecule has 2 N–H and O–H groups in total. The molecular weight excluding hydrogens is 495 g/mol. The molecule has 0 spiro atoms. The molecule has 7 heteroatoms. The van der Waals surface area contributed by atoms with Crippen molar-refractivity contribution in [1.29, 1.82) is 0 Å². The molecule has 1 radical (unpaired) electrons. The van der Waals surface area contributed by atoms with Gasteiger partial charge in [-0.05, 0) is 37.8 Å². The number of pyridine rings is 2. The van der Waals surface area contributed by atoms with Crippen LogP contribution in [0.5, 0.6) is 0 Å². The predicted octanol–water partition coefficient (Wildman–Crippen LogP) is 7.81. The number of aliphatic carboxylic acids is 2. The van der Waals surface area contributed by atoms with Gasteiger partial charge in [-0.3, -0.25) is 19.6 Å². The maximum Gasteiger partial charge on any atom is 0.306 e. The third kappa shape index (κ3) is 12.4. The molecule has 3 aromatic rings. The summed E-state index contributed by atoms with van der Waals surface area (Å²) in [6.07, 6.45) is 11.0. The fourth-order valence-electron chi connectivity index (χ4n) is 3.59. The van der Waals surface area contributed by atoms with Gasteiger partial charge in [-0.2, -0.15) is 0 Å². The Hall–Kier alpha value is -2.63. The second-order valence-electron chi connectivity index (χ2n) is 8.39. The first-order chi connectivity index (χ1) is 16.4. The van der Waals surface area contributed by atoms with Gasteiger partial charge in [0.25, 0.3) is 0 Å². The van der Waals surface area contributed by atoms with E-state index >= 15 is 0 Å². The van der Waals surface area contributed by atoms with Gasteiger partial charge >= 0.3 is 11.9 Å². The quantitative estimate of drug-likeness (QED) is 0.155. The normalized spacial score (nSPS) is 11.4. The van der Waals surface area contributed by atoms with Gasteiger partial charge in [-0.1, -0.05) is 77.6 Å². The summed E-state index contributed by atoms with van der Waals surface area (Å²) in [6, 6.07) is 12.1. The standard InChI is InChI=1S/C12H8N2.2C8H16O2.CH3.Mn/c1-3-9-5-6-10-4-2-8-14-12(10)11(9)13-7-1;2*1-3-5-6-7(4-2)8(9)10;;/h1-8H;2*7H,3-6H2,1-2H3,(H,9,10);1H3;/q;;;+1;. The molecule has 0 fully saturated rings. The van der Waals surface area contributed by atoms with Gasteiger partial charge in [0.05, 0.1) is 22.9 Å². The van der Waals surface area contributed by atoms with Crippen LogP contribution in [0, 0.1) is 19.3 Å². The van der Waals surface area contributed by atoms with Crippen molar-refractivity contribution in [2.24, 2.45) is 11.8 Å². The van der Waals surface area contributed by atoms with E-state index in [-0.39, 0.29) is 36.3 Å². The Balaban J connectivity index is 0. The summed E-state index contributed by atoms with van der Waals surface area (Å²) in [5.74, 6) is -1.51. The van der Waals surface area contributed by atoms with E-state index in [1.54, 1.807) is 12.4 Å². The number of carboxylic acid groups (broad SMARTS) is 2. The Labute approximate surface area is 227 Å². The van der Waals surface area contributed by atoms with Crippen molar-refractivity contribution in [3.8, 4) is 0 Å². The molecule has 0 saturated heterocycles. The van der Waals surface area contributed by atoms with Gasteiger partial charge < -0.3 is 10.2 Å². The van der Waals surface area contributed by atoms with Crippen molar-refractivity contribution < 1.29 is 36.9 Å². The van der Waals surface area contributed by atoms with Crippen LogP contribution in [0.15, 0.2) is 48.8 Å². The number of nitrogens with zero attached hydrogens (tertiary/aromatic N) is 2. The smallest absolute Gasteiger partial charge is 0.306 e. The number of aromatic nitrogens is 2. The number of benzene rings is 1. The fraction of sp³-hybridized carbons (Fsp3) is 0.483. The molecule has 3 rings (SSSR count). The Morgan fingerprint density at radius 3 is 1.36 bits per heavy atom. The van der Waals surface area contributed by atoms with Crippen LogP contribution in [0.4, 0.5) is 0 Å². The van der Waals surface area contributed by atoms with E-state index in [4.69, 9.17) is 10.2 Å². The summed E-state index contributed by atoms with van der Waals surface area (Å²) in [6.45, 7) is 8.01. The zero-order valence-corrected chi connectivity index (χ0v) is 23.6. The summed E-state index contributed by atoms with van der Waals surface area (Å²) in [5, 5.41) is 19.5. The van der Waals surface area contributed by atoms with E-state index < -0.39 is 11.9 Å². The first-order valence-corrected chi connectivity index (χ1v) is 12.4. The predicted molar refractivity (Wildman–Crippen MR) is 145 cm³/mol. The third-order valence-corrected chi connectivity index (χ3v) is 5.84. The average Bonchev–Trinajstić information content (AvgIpc) is 2.85. The SMILES string of the molecule is CCCCC(CC)C(=O)O.CCCCC(CC)C(=O)O.[CH3+].[Mn].c1cnc2c(c1)ccc1cccnc12. The maximum absolute atomic E-state index is 10.4. The zero-order chi connectivity index (χ0) is 25.3. The fourth-order valence-corrected chi connectivity index (χ4v) is 3.59. The number of unbranched alkanes of at least 4 members (excludes halogenated alkanes) is 2. The molecule has 0 aliphatic carbocycles. The molecule has 199 valence electrons. The van der Waals surface area contributed by atoms with E-state index in [0.717, 1.165) is 73.2 Å². The average molecular weight is 539 g/mol. The van der Waals surface area contributed by atoms with E-state index in [0.29, 0.717) is 0 Å². The van der Waals surface area contributed by atoms with Gasteiger partial charge in [-0.25, -0.2) is 0 Å². The van der Waals surface area contributed by atoms with Crippen molar-refractivity contribution >= 4 is 33.7 Å².